The van der Waals surface area contributed by atoms with Crippen molar-refractivity contribution in [1.29, 1.82) is 0 Å². The first kappa shape index (κ1) is 17.4. The van der Waals surface area contributed by atoms with E-state index >= 15 is 0 Å². The first-order valence-electron chi connectivity index (χ1n) is 6.86. The summed E-state index contributed by atoms with van der Waals surface area (Å²) < 4.78 is 4.75. The molecular weight excluding hydrogens is 280 g/mol. The van der Waals surface area contributed by atoms with Gasteiger partial charge in [-0.15, -0.1) is 0 Å². The molecule has 1 aromatic rings. The number of carbonyl (C=O) groups is 2. The summed E-state index contributed by atoms with van der Waals surface area (Å²) in [6.45, 7) is 3.22. The molecule has 1 rings (SSSR count). The number of hydrogen-bond acceptors (Lipinski definition) is 3. The van der Waals surface area contributed by atoms with Crippen molar-refractivity contribution in [3.05, 3.63) is 64.8 Å². The van der Waals surface area contributed by atoms with Crippen molar-refractivity contribution in [2.24, 2.45) is 0 Å². The zero-order chi connectivity index (χ0) is 16.5. The standard InChI is InChI=1S/C18H20O4/c1-13(14(2)17(19)20)12-16(18(21)22-3)11-7-10-15-8-5-4-6-9-15/h4-11H,12H2,1-3H3,(H,19,20). The molecule has 0 fully saturated rings. The predicted molar refractivity (Wildman–Crippen MR) is 86.2 cm³/mol. The van der Waals surface area contributed by atoms with Crippen molar-refractivity contribution in [1.82, 2.24) is 0 Å². The van der Waals surface area contributed by atoms with Gasteiger partial charge in [0, 0.05) is 17.6 Å². The number of allylic oxidation sites excluding steroid dienone is 3. The molecule has 0 unspecified atom stereocenters. The number of carboxylic acid groups (broad SMARTS) is 1. The van der Waals surface area contributed by atoms with Crippen LogP contribution in [0.4, 0.5) is 0 Å². The van der Waals surface area contributed by atoms with Crippen LogP contribution in [0, 0.1) is 0 Å². The number of methoxy groups -OCH3 is 1. The van der Waals surface area contributed by atoms with Crippen molar-refractivity contribution in [2.75, 3.05) is 7.11 Å². The van der Waals surface area contributed by atoms with E-state index in [0.29, 0.717) is 11.1 Å². The molecule has 0 spiro atoms. The van der Waals surface area contributed by atoms with Crippen LogP contribution in [-0.2, 0) is 14.3 Å². The van der Waals surface area contributed by atoms with Crippen LogP contribution < -0.4 is 0 Å². The van der Waals surface area contributed by atoms with Crippen molar-refractivity contribution < 1.29 is 19.4 Å². The zero-order valence-corrected chi connectivity index (χ0v) is 13.0. The number of carboxylic acids is 1. The van der Waals surface area contributed by atoms with E-state index in [2.05, 4.69) is 0 Å². The Kier molecular flexibility index (Phi) is 6.83. The highest BCUT2D eigenvalue weighted by Crippen LogP contribution is 2.16. The number of esters is 1. The Morgan fingerprint density at radius 2 is 1.82 bits per heavy atom. The van der Waals surface area contributed by atoms with Gasteiger partial charge in [-0.2, -0.15) is 0 Å². The molecule has 0 saturated carbocycles. The van der Waals surface area contributed by atoms with E-state index in [1.807, 2.05) is 36.4 Å². The maximum Gasteiger partial charge on any atom is 0.334 e. The monoisotopic (exact) mass is 300 g/mol. The van der Waals surface area contributed by atoms with Crippen LogP contribution in [0.3, 0.4) is 0 Å². The van der Waals surface area contributed by atoms with E-state index in [1.54, 1.807) is 19.1 Å². The third-order valence-electron chi connectivity index (χ3n) is 3.25. The van der Waals surface area contributed by atoms with Gasteiger partial charge in [-0.3, -0.25) is 0 Å². The minimum Gasteiger partial charge on any atom is -0.478 e. The lowest BCUT2D eigenvalue weighted by atomic mass is 10.0. The molecule has 0 aliphatic carbocycles. The van der Waals surface area contributed by atoms with E-state index in [4.69, 9.17) is 9.84 Å². The van der Waals surface area contributed by atoms with Gasteiger partial charge in [0.2, 0.25) is 0 Å². The summed E-state index contributed by atoms with van der Waals surface area (Å²) in [5.74, 6) is -1.45. The van der Waals surface area contributed by atoms with Crippen LogP contribution in [0.1, 0.15) is 25.8 Å². The largest absolute Gasteiger partial charge is 0.478 e. The van der Waals surface area contributed by atoms with Crippen molar-refractivity contribution >= 4 is 18.0 Å². The van der Waals surface area contributed by atoms with E-state index < -0.39 is 11.9 Å². The third-order valence-corrected chi connectivity index (χ3v) is 3.25. The summed E-state index contributed by atoms with van der Waals surface area (Å²) in [5.41, 5.74) is 2.28. The van der Waals surface area contributed by atoms with Gasteiger partial charge in [0.15, 0.2) is 0 Å². The second kappa shape index (κ2) is 8.62. The molecular formula is C18H20O4. The number of aliphatic carboxylic acids is 1. The normalized spacial score (nSPS) is 13.0. The van der Waals surface area contributed by atoms with Gasteiger partial charge in [-0.05, 0) is 19.4 Å². The number of carbonyl (C=O) groups excluding carboxylic acids is 1. The average Bonchev–Trinajstić information content (AvgIpc) is 2.53. The van der Waals surface area contributed by atoms with E-state index in [1.165, 1.54) is 14.0 Å². The summed E-state index contributed by atoms with van der Waals surface area (Å²) in [5, 5.41) is 8.98. The van der Waals surface area contributed by atoms with Gasteiger partial charge in [-0.1, -0.05) is 54.1 Å². The molecule has 4 nitrogen and oxygen atoms in total. The van der Waals surface area contributed by atoms with E-state index in [-0.39, 0.29) is 12.0 Å². The van der Waals surface area contributed by atoms with Gasteiger partial charge in [0.25, 0.3) is 0 Å². The number of ether oxygens (including phenoxy) is 1. The minimum atomic E-state index is -0.985. The van der Waals surface area contributed by atoms with Crippen LogP contribution in [-0.4, -0.2) is 24.2 Å². The maximum absolute atomic E-state index is 11.8. The van der Waals surface area contributed by atoms with Gasteiger partial charge in [-0.25, -0.2) is 9.59 Å². The van der Waals surface area contributed by atoms with Gasteiger partial charge < -0.3 is 9.84 Å². The second-order valence-electron chi connectivity index (χ2n) is 4.84. The fourth-order valence-corrected chi connectivity index (χ4v) is 1.77. The predicted octanol–water partition coefficient (Wildman–Crippen LogP) is 3.61. The Balaban J connectivity index is 2.96. The summed E-state index contributed by atoms with van der Waals surface area (Å²) in [7, 11) is 1.31. The highest BCUT2D eigenvalue weighted by atomic mass is 16.5. The lowest BCUT2D eigenvalue weighted by molar-refractivity contribution is -0.136. The molecule has 0 aliphatic heterocycles. The van der Waals surface area contributed by atoms with Crippen molar-refractivity contribution in [2.45, 2.75) is 20.3 Å². The van der Waals surface area contributed by atoms with E-state index in [0.717, 1.165) is 5.56 Å². The van der Waals surface area contributed by atoms with Gasteiger partial charge in [0.05, 0.1) is 7.11 Å². The minimum absolute atomic E-state index is 0.238. The lowest BCUT2D eigenvalue weighted by Gasteiger charge is -2.07. The number of benzene rings is 1. The van der Waals surface area contributed by atoms with E-state index in [9.17, 15) is 9.59 Å². The Labute approximate surface area is 130 Å². The summed E-state index contributed by atoms with van der Waals surface area (Å²) in [4.78, 5) is 22.7. The Bertz CT molecular complexity index is 622. The molecule has 0 saturated heterocycles. The molecule has 0 aliphatic rings. The molecule has 0 aromatic heterocycles. The molecule has 22 heavy (non-hydrogen) atoms. The Morgan fingerprint density at radius 1 is 1.18 bits per heavy atom. The molecule has 0 heterocycles. The Morgan fingerprint density at radius 3 is 2.36 bits per heavy atom. The quantitative estimate of drug-likeness (QED) is 0.495. The molecule has 1 aromatic carbocycles. The maximum atomic E-state index is 11.8. The van der Waals surface area contributed by atoms with Crippen LogP contribution >= 0.6 is 0 Å². The van der Waals surface area contributed by atoms with Crippen molar-refractivity contribution in [3.8, 4) is 0 Å². The first-order valence-corrected chi connectivity index (χ1v) is 6.86. The molecule has 116 valence electrons. The highest BCUT2D eigenvalue weighted by molar-refractivity contribution is 5.91. The Hall–Kier alpha value is -2.62. The highest BCUT2D eigenvalue weighted by Gasteiger charge is 2.13. The smallest absolute Gasteiger partial charge is 0.334 e. The SMILES string of the molecule is COC(=O)C(=CC=Cc1ccccc1)CC(C)=C(C)C(=O)O. The van der Waals surface area contributed by atoms with Crippen LogP contribution in [0.25, 0.3) is 6.08 Å². The number of rotatable bonds is 6. The molecule has 0 radical (unpaired) electrons. The topological polar surface area (TPSA) is 63.6 Å². The molecule has 1 N–H and O–H groups in total. The second-order valence-corrected chi connectivity index (χ2v) is 4.84. The summed E-state index contributed by atoms with van der Waals surface area (Å²) in [6, 6.07) is 9.67. The van der Waals surface area contributed by atoms with Gasteiger partial charge >= 0.3 is 11.9 Å². The fourth-order valence-electron chi connectivity index (χ4n) is 1.77. The molecule has 0 bridgehead atoms. The average molecular weight is 300 g/mol. The number of hydrogen-bond donors (Lipinski definition) is 1. The summed E-state index contributed by atoms with van der Waals surface area (Å²) in [6.07, 6.45) is 5.51. The first-order chi connectivity index (χ1) is 10.5. The lowest BCUT2D eigenvalue weighted by Crippen LogP contribution is -2.07. The van der Waals surface area contributed by atoms with Crippen LogP contribution in [0.2, 0.25) is 0 Å². The fraction of sp³-hybridized carbons (Fsp3) is 0.222. The third kappa shape index (κ3) is 5.40. The zero-order valence-electron chi connectivity index (χ0n) is 13.0. The van der Waals surface area contributed by atoms with Crippen LogP contribution in [0.15, 0.2) is 59.2 Å². The summed E-state index contributed by atoms with van der Waals surface area (Å²) >= 11 is 0. The molecule has 0 atom stereocenters. The van der Waals surface area contributed by atoms with Crippen molar-refractivity contribution in [3.63, 3.8) is 0 Å². The van der Waals surface area contributed by atoms with Gasteiger partial charge in [0.1, 0.15) is 0 Å². The molecule has 4 heteroatoms. The molecule has 0 amide bonds. The van der Waals surface area contributed by atoms with Crippen LogP contribution in [0.5, 0.6) is 0 Å².